The zero-order valence-corrected chi connectivity index (χ0v) is 10.9. The minimum atomic E-state index is -1.14. The highest BCUT2D eigenvalue weighted by Gasteiger charge is 2.10. The summed E-state index contributed by atoms with van der Waals surface area (Å²) in [6.07, 6.45) is 1.87. The minimum absolute atomic E-state index is 0.350. The van der Waals surface area contributed by atoms with Crippen LogP contribution in [0.5, 0.6) is 0 Å². The van der Waals surface area contributed by atoms with E-state index >= 15 is 0 Å². The highest BCUT2D eigenvalue weighted by molar-refractivity contribution is 5.93. The third-order valence-electron chi connectivity index (χ3n) is 2.10. The Morgan fingerprint density at radius 3 is 1.94 bits per heavy atom. The average molecular weight is 259 g/mol. The number of ether oxygens (including phenoxy) is 2. The zero-order chi connectivity index (χ0) is 13.8. The second-order valence-corrected chi connectivity index (χ2v) is 3.39. The number of carbonyl (C=O) groups excluding carboxylic acids is 1. The SMILES string of the molecule is CCOCCN(CCOCC)C(=O)/C=C/C(=O)O. The first-order valence-corrected chi connectivity index (χ1v) is 5.97. The van der Waals surface area contributed by atoms with Crippen LogP contribution in [0, 0.1) is 0 Å². The molecule has 0 heterocycles. The molecule has 0 aliphatic rings. The highest BCUT2D eigenvalue weighted by Crippen LogP contribution is 1.94. The van der Waals surface area contributed by atoms with Crippen molar-refractivity contribution in [3.8, 4) is 0 Å². The molecule has 0 aliphatic heterocycles. The molecule has 104 valence electrons. The number of aliphatic carboxylic acids is 1. The number of hydrogen-bond donors (Lipinski definition) is 1. The van der Waals surface area contributed by atoms with Crippen LogP contribution in [0.1, 0.15) is 13.8 Å². The Hall–Kier alpha value is -1.40. The molecule has 0 rings (SSSR count). The van der Waals surface area contributed by atoms with Crippen molar-refractivity contribution >= 4 is 11.9 Å². The maximum absolute atomic E-state index is 11.7. The summed E-state index contributed by atoms with van der Waals surface area (Å²) in [6.45, 7) is 6.60. The Balaban J connectivity index is 4.24. The van der Waals surface area contributed by atoms with Crippen LogP contribution in [0.15, 0.2) is 12.2 Å². The molecule has 0 fully saturated rings. The van der Waals surface area contributed by atoms with Crippen molar-refractivity contribution in [2.45, 2.75) is 13.8 Å². The van der Waals surface area contributed by atoms with Crippen LogP contribution in [0.25, 0.3) is 0 Å². The average Bonchev–Trinajstić information content (AvgIpc) is 2.34. The fourth-order valence-electron chi connectivity index (χ4n) is 1.22. The Morgan fingerprint density at radius 1 is 1.06 bits per heavy atom. The normalized spacial score (nSPS) is 10.8. The van der Waals surface area contributed by atoms with Crippen molar-refractivity contribution in [1.82, 2.24) is 4.90 Å². The number of carbonyl (C=O) groups is 2. The van der Waals surface area contributed by atoms with Gasteiger partial charge in [-0.1, -0.05) is 0 Å². The second-order valence-electron chi connectivity index (χ2n) is 3.39. The number of carboxylic acid groups (broad SMARTS) is 1. The van der Waals surface area contributed by atoms with E-state index in [0.29, 0.717) is 39.5 Å². The summed E-state index contributed by atoms with van der Waals surface area (Å²) in [5.41, 5.74) is 0. The van der Waals surface area contributed by atoms with Gasteiger partial charge in [0.05, 0.1) is 13.2 Å². The van der Waals surface area contributed by atoms with E-state index in [1.165, 1.54) is 4.90 Å². The molecular weight excluding hydrogens is 238 g/mol. The lowest BCUT2D eigenvalue weighted by Gasteiger charge is -2.20. The van der Waals surface area contributed by atoms with Gasteiger partial charge in [-0.25, -0.2) is 4.79 Å². The fourth-order valence-corrected chi connectivity index (χ4v) is 1.22. The lowest BCUT2D eigenvalue weighted by Crippen LogP contribution is -2.35. The molecule has 0 unspecified atom stereocenters. The maximum atomic E-state index is 11.7. The zero-order valence-electron chi connectivity index (χ0n) is 10.9. The first-order valence-electron chi connectivity index (χ1n) is 5.97. The van der Waals surface area contributed by atoms with E-state index in [4.69, 9.17) is 14.6 Å². The van der Waals surface area contributed by atoms with Crippen LogP contribution < -0.4 is 0 Å². The summed E-state index contributed by atoms with van der Waals surface area (Å²) < 4.78 is 10.3. The van der Waals surface area contributed by atoms with Gasteiger partial charge in [-0.05, 0) is 13.8 Å². The summed E-state index contributed by atoms with van der Waals surface area (Å²) in [5.74, 6) is -1.49. The van der Waals surface area contributed by atoms with Crippen LogP contribution in [0.3, 0.4) is 0 Å². The van der Waals surface area contributed by atoms with Gasteiger partial charge in [-0.15, -0.1) is 0 Å². The van der Waals surface area contributed by atoms with Crippen molar-refractivity contribution in [1.29, 1.82) is 0 Å². The molecule has 6 heteroatoms. The standard InChI is InChI=1S/C12H21NO5/c1-3-17-9-7-13(8-10-18-4-2)11(14)5-6-12(15)16/h5-6H,3-4,7-10H2,1-2H3,(H,15,16)/b6-5+. The maximum Gasteiger partial charge on any atom is 0.328 e. The van der Waals surface area contributed by atoms with Crippen molar-refractivity contribution < 1.29 is 24.2 Å². The topological polar surface area (TPSA) is 76.1 Å². The lowest BCUT2D eigenvalue weighted by atomic mass is 10.4. The van der Waals surface area contributed by atoms with Gasteiger partial charge in [0.2, 0.25) is 5.91 Å². The predicted octanol–water partition coefficient (Wildman–Crippen LogP) is 0.529. The van der Waals surface area contributed by atoms with Gasteiger partial charge < -0.3 is 19.5 Å². The molecule has 0 saturated carbocycles. The molecule has 0 spiro atoms. The van der Waals surface area contributed by atoms with E-state index in [0.717, 1.165) is 12.2 Å². The van der Waals surface area contributed by atoms with E-state index in [1.807, 2.05) is 13.8 Å². The molecule has 1 amide bonds. The molecule has 0 saturated heterocycles. The van der Waals surface area contributed by atoms with Gasteiger partial charge in [0.1, 0.15) is 0 Å². The molecule has 0 aromatic carbocycles. The van der Waals surface area contributed by atoms with E-state index in [1.54, 1.807) is 0 Å². The summed E-state index contributed by atoms with van der Waals surface area (Å²) >= 11 is 0. The first-order chi connectivity index (χ1) is 8.61. The summed E-state index contributed by atoms with van der Waals surface area (Å²) in [6, 6.07) is 0. The number of rotatable bonds is 10. The van der Waals surface area contributed by atoms with E-state index in [9.17, 15) is 9.59 Å². The van der Waals surface area contributed by atoms with Crippen LogP contribution >= 0.6 is 0 Å². The molecule has 0 bridgehead atoms. The predicted molar refractivity (Wildman–Crippen MR) is 66.3 cm³/mol. The molecule has 18 heavy (non-hydrogen) atoms. The molecule has 0 aromatic rings. The van der Waals surface area contributed by atoms with Gasteiger partial charge in [0.25, 0.3) is 0 Å². The first kappa shape index (κ1) is 16.6. The van der Waals surface area contributed by atoms with Gasteiger partial charge in [0.15, 0.2) is 0 Å². The molecule has 1 N–H and O–H groups in total. The van der Waals surface area contributed by atoms with Gasteiger partial charge in [-0.3, -0.25) is 4.79 Å². The van der Waals surface area contributed by atoms with E-state index < -0.39 is 5.97 Å². The van der Waals surface area contributed by atoms with Crippen LogP contribution in [-0.2, 0) is 19.1 Å². The van der Waals surface area contributed by atoms with Gasteiger partial charge in [0, 0.05) is 38.5 Å². The monoisotopic (exact) mass is 259 g/mol. The lowest BCUT2D eigenvalue weighted by molar-refractivity contribution is -0.132. The highest BCUT2D eigenvalue weighted by atomic mass is 16.5. The van der Waals surface area contributed by atoms with Crippen molar-refractivity contribution in [2.24, 2.45) is 0 Å². The summed E-state index contributed by atoms with van der Waals surface area (Å²) in [5, 5.41) is 8.47. The summed E-state index contributed by atoms with van der Waals surface area (Å²) in [7, 11) is 0. The molecule has 0 aliphatic carbocycles. The fraction of sp³-hybridized carbons (Fsp3) is 0.667. The Bertz CT molecular complexity index is 268. The largest absolute Gasteiger partial charge is 0.478 e. The van der Waals surface area contributed by atoms with Gasteiger partial charge >= 0.3 is 5.97 Å². The smallest absolute Gasteiger partial charge is 0.328 e. The van der Waals surface area contributed by atoms with Crippen molar-refractivity contribution in [2.75, 3.05) is 39.5 Å². The molecule has 0 atom stereocenters. The van der Waals surface area contributed by atoms with Crippen LogP contribution in [0.4, 0.5) is 0 Å². The molecule has 0 radical (unpaired) electrons. The van der Waals surface area contributed by atoms with Gasteiger partial charge in [-0.2, -0.15) is 0 Å². The number of amides is 1. The van der Waals surface area contributed by atoms with Crippen LogP contribution in [-0.4, -0.2) is 61.4 Å². The summed E-state index contributed by atoms with van der Waals surface area (Å²) in [4.78, 5) is 23.5. The van der Waals surface area contributed by atoms with E-state index in [-0.39, 0.29) is 5.91 Å². The third kappa shape index (κ3) is 8.72. The molecular formula is C12H21NO5. The minimum Gasteiger partial charge on any atom is -0.478 e. The number of hydrogen-bond acceptors (Lipinski definition) is 4. The second kappa shape index (κ2) is 10.7. The van der Waals surface area contributed by atoms with Crippen molar-refractivity contribution in [3.05, 3.63) is 12.2 Å². The molecule has 0 aromatic heterocycles. The van der Waals surface area contributed by atoms with Crippen LogP contribution in [0.2, 0.25) is 0 Å². The Labute approximate surface area is 107 Å². The Kier molecular flexibility index (Phi) is 9.90. The van der Waals surface area contributed by atoms with Crippen molar-refractivity contribution in [3.63, 3.8) is 0 Å². The quantitative estimate of drug-likeness (QED) is 0.457. The number of nitrogens with zero attached hydrogens (tertiary/aromatic N) is 1. The Morgan fingerprint density at radius 2 is 1.56 bits per heavy atom. The molecule has 6 nitrogen and oxygen atoms in total. The number of carboxylic acids is 1. The van der Waals surface area contributed by atoms with E-state index in [2.05, 4.69) is 0 Å². The third-order valence-corrected chi connectivity index (χ3v) is 2.10.